The summed E-state index contributed by atoms with van der Waals surface area (Å²) in [5.41, 5.74) is 0.842. The van der Waals surface area contributed by atoms with E-state index in [9.17, 15) is 9.90 Å². The van der Waals surface area contributed by atoms with E-state index in [1.54, 1.807) is 13.0 Å². The van der Waals surface area contributed by atoms with Crippen LogP contribution in [0.25, 0.3) is 0 Å². The van der Waals surface area contributed by atoms with Gasteiger partial charge in [0.2, 0.25) is 0 Å². The van der Waals surface area contributed by atoms with Gasteiger partial charge in [0.25, 0.3) is 0 Å². The molecular weight excluding hydrogens is 188 g/mol. The molecule has 1 aromatic carbocycles. The first-order chi connectivity index (χ1) is 6.15. The third-order valence-electron chi connectivity index (χ3n) is 1.42. The Hall–Kier alpha value is -1.02. The molecule has 0 atom stereocenters. The van der Waals surface area contributed by atoms with Crippen molar-refractivity contribution in [3.8, 4) is 5.75 Å². The maximum atomic E-state index is 10.3. The molecule has 0 spiro atoms. The van der Waals surface area contributed by atoms with E-state index in [1.807, 2.05) is 13.8 Å². The van der Waals surface area contributed by atoms with Gasteiger partial charge in [0.15, 0.2) is 6.29 Å². The van der Waals surface area contributed by atoms with Crippen LogP contribution in [0.15, 0.2) is 12.1 Å². The number of hydrogen-bond donors (Lipinski definition) is 1. The zero-order chi connectivity index (χ0) is 10.4. The number of hydrogen-bond acceptors (Lipinski definition) is 2. The normalized spacial score (nSPS) is 8.62. The molecular formula is C10H13ClO2. The zero-order valence-electron chi connectivity index (χ0n) is 7.97. The monoisotopic (exact) mass is 200 g/mol. The number of carbonyl (C=O) groups is 1. The van der Waals surface area contributed by atoms with Crippen molar-refractivity contribution in [1.82, 2.24) is 0 Å². The van der Waals surface area contributed by atoms with Crippen molar-refractivity contribution in [3.05, 3.63) is 28.3 Å². The van der Waals surface area contributed by atoms with Crippen LogP contribution < -0.4 is 0 Å². The largest absolute Gasteiger partial charge is 0.507 e. The van der Waals surface area contributed by atoms with Gasteiger partial charge in [0, 0.05) is 5.02 Å². The van der Waals surface area contributed by atoms with E-state index < -0.39 is 0 Å². The minimum atomic E-state index is 0.00407. The van der Waals surface area contributed by atoms with Gasteiger partial charge in [-0.1, -0.05) is 25.4 Å². The topological polar surface area (TPSA) is 37.3 Å². The molecule has 1 aromatic rings. The maximum absolute atomic E-state index is 10.3. The van der Waals surface area contributed by atoms with E-state index >= 15 is 0 Å². The summed E-state index contributed by atoms with van der Waals surface area (Å²) in [4.78, 5) is 10.3. The average molecular weight is 201 g/mol. The number of aryl methyl sites for hydroxylation is 1. The summed E-state index contributed by atoms with van der Waals surface area (Å²) < 4.78 is 0. The van der Waals surface area contributed by atoms with E-state index in [1.165, 1.54) is 6.07 Å². The third-order valence-corrected chi connectivity index (χ3v) is 1.64. The lowest BCUT2D eigenvalue weighted by Crippen LogP contribution is -1.84. The Balaban J connectivity index is 0.000000671. The molecule has 3 heteroatoms. The molecule has 0 bridgehead atoms. The fourth-order valence-electron chi connectivity index (χ4n) is 0.851. The first kappa shape index (κ1) is 12.0. The zero-order valence-corrected chi connectivity index (χ0v) is 8.72. The Kier molecular flexibility index (Phi) is 5.16. The number of benzene rings is 1. The van der Waals surface area contributed by atoms with E-state index in [4.69, 9.17) is 11.6 Å². The summed E-state index contributed by atoms with van der Waals surface area (Å²) in [7, 11) is 0. The van der Waals surface area contributed by atoms with E-state index in [0.717, 1.165) is 0 Å². The van der Waals surface area contributed by atoms with Crippen LogP contribution in [0, 0.1) is 6.92 Å². The van der Waals surface area contributed by atoms with Gasteiger partial charge < -0.3 is 5.11 Å². The van der Waals surface area contributed by atoms with Gasteiger partial charge in [-0.05, 0) is 24.6 Å². The lowest BCUT2D eigenvalue weighted by Gasteiger charge is -2.01. The van der Waals surface area contributed by atoms with Crippen LogP contribution in [0.2, 0.25) is 5.02 Å². The third kappa shape index (κ3) is 3.07. The number of aldehydes is 1. The molecule has 1 rings (SSSR count). The van der Waals surface area contributed by atoms with Crippen LogP contribution in [0.3, 0.4) is 0 Å². The van der Waals surface area contributed by atoms with Gasteiger partial charge in [-0.25, -0.2) is 0 Å². The molecule has 0 saturated carbocycles. The molecule has 13 heavy (non-hydrogen) atoms. The smallest absolute Gasteiger partial charge is 0.153 e. The summed E-state index contributed by atoms with van der Waals surface area (Å²) in [6, 6.07) is 3.03. The summed E-state index contributed by atoms with van der Waals surface area (Å²) in [5, 5.41) is 9.69. The molecule has 0 aliphatic rings. The predicted molar refractivity (Wildman–Crippen MR) is 54.6 cm³/mol. The number of carbonyl (C=O) groups excluding carboxylic acids is 1. The Morgan fingerprint density at radius 1 is 1.38 bits per heavy atom. The molecule has 0 amide bonds. The Morgan fingerprint density at radius 2 is 1.92 bits per heavy atom. The highest BCUT2D eigenvalue weighted by Gasteiger charge is 2.03. The van der Waals surface area contributed by atoms with Crippen LogP contribution in [0.1, 0.15) is 29.8 Å². The fraction of sp³-hybridized carbons (Fsp3) is 0.300. The lowest BCUT2D eigenvalue weighted by atomic mass is 10.1. The quantitative estimate of drug-likeness (QED) is 0.707. The van der Waals surface area contributed by atoms with Crippen LogP contribution in [0.5, 0.6) is 5.75 Å². The van der Waals surface area contributed by atoms with Crippen molar-refractivity contribution in [3.63, 3.8) is 0 Å². The molecule has 0 fully saturated rings. The summed E-state index contributed by atoms with van der Waals surface area (Å²) >= 11 is 5.63. The standard InChI is InChI=1S/C8H7ClO2.C2H6/c1-5-2-7(9)3-6(4-10)8(5)11;1-2/h2-4,11H,1H3;1-2H3. The first-order valence-electron chi connectivity index (χ1n) is 4.09. The number of aromatic hydroxyl groups is 1. The summed E-state index contributed by atoms with van der Waals surface area (Å²) in [5.74, 6) is 0.00407. The van der Waals surface area contributed by atoms with Crippen molar-refractivity contribution >= 4 is 17.9 Å². The van der Waals surface area contributed by atoms with Crippen LogP contribution >= 0.6 is 11.6 Å². The Labute approximate surface area is 83.2 Å². The Bertz CT molecular complexity index is 295. The second-order valence-corrected chi connectivity index (χ2v) is 2.71. The maximum Gasteiger partial charge on any atom is 0.153 e. The van der Waals surface area contributed by atoms with E-state index in [0.29, 0.717) is 16.9 Å². The van der Waals surface area contributed by atoms with Crippen molar-refractivity contribution in [1.29, 1.82) is 0 Å². The molecule has 2 nitrogen and oxygen atoms in total. The van der Waals surface area contributed by atoms with Crippen LogP contribution in [-0.4, -0.2) is 11.4 Å². The highest BCUT2D eigenvalue weighted by atomic mass is 35.5. The first-order valence-corrected chi connectivity index (χ1v) is 4.47. The fourth-order valence-corrected chi connectivity index (χ4v) is 1.13. The van der Waals surface area contributed by atoms with Crippen molar-refractivity contribution in [2.45, 2.75) is 20.8 Å². The highest BCUT2D eigenvalue weighted by molar-refractivity contribution is 6.31. The molecule has 0 unspecified atom stereocenters. The highest BCUT2D eigenvalue weighted by Crippen LogP contribution is 2.24. The number of phenolic OH excluding ortho intramolecular Hbond substituents is 1. The van der Waals surface area contributed by atoms with Crippen molar-refractivity contribution in [2.24, 2.45) is 0 Å². The van der Waals surface area contributed by atoms with Crippen molar-refractivity contribution < 1.29 is 9.90 Å². The molecule has 0 aliphatic carbocycles. The number of phenols is 1. The molecule has 1 N–H and O–H groups in total. The molecule has 0 radical (unpaired) electrons. The van der Waals surface area contributed by atoms with Gasteiger partial charge in [0.1, 0.15) is 5.75 Å². The number of rotatable bonds is 1. The molecule has 0 saturated heterocycles. The Morgan fingerprint density at radius 3 is 2.38 bits per heavy atom. The van der Waals surface area contributed by atoms with Gasteiger partial charge in [0.05, 0.1) is 5.56 Å². The van der Waals surface area contributed by atoms with Crippen molar-refractivity contribution in [2.75, 3.05) is 0 Å². The minimum absolute atomic E-state index is 0.00407. The minimum Gasteiger partial charge on any atom is -0.507 e. The summed E-state index contributed by atoms with van der Waals surface area (Å²) in [6.45, 7) is 5.69. The van der Waals surface area contributed by atoms with Crippen LogP contribution in [0.4, 0.5) is 0 Å². The van der Waals surface area contributed by atoms with E-state index in [-0.39, 0.29) is 11.3 Å². The summed E-state index contributed by atoms with van der Waals surface area (Å²) in [6.07, 6.45) is 0.578. The van der Waals surface area contributed by atoms with Gasteiger partial charge >= 0.3 is 0 Å². The van der Waals surface area contributed by atoms with E-state index in [2.05, 4.69) is 0 Å². The molecule has 0 aliphatic heterocycles. The number of halogens is 1. The van der Waals surface area contributed by atoms with Gasteiger partial charge in [-0.2, -0.15) is 0 Å². The predicted octanol–water partition coefficient (Wildman–Crippen LogP) is 3.19. The average Bonchev–Trinajstić information content (AvgIpc) is 2.14. The SMILES string of the molecule is CC.Cc1cc(Cl)cc(C=O)c1O. The molecule has 72 valence electrons. The van der Waals surface area contributed by atoms with Gasteiger partial charge in [-0.3, -0.25) is 4.79 Å². The van der Waals surface area contributed by atoms with Gasteiger partial charge in [-0.15, -0.1) is 0 Å². The molecule has 0 aromatic heterocycles. The van der Waals surface area contributed by atoms with Crippen LogP contribution in [-0.2, 0) is 0 Å². The second-order valence-electron chi connectivity index (χ2n) is 2.28. The lowest BCUT2D eigenvalue weighted by molar-refractivity contribution is 0.112. The second kappa shape index (κ2) is 5.60. The molecule has 0 heterocycles.